The van der Waals surface area contributed by atoms with Crippen molar-refractivity contribution in [3.05, 3.63) is 34.6 Å². The van der Waals surface area contributed by atoms with Crippen LogP contribution in [-0.2, 0) is 9.47 Å². The van der Waals surface area contributed by atoms with Gasteiger partial charge in [0.15, 0.2) is 11.4 Å². The molecule has 1 aliphatic carbocycles. The largest absolute Gasteiger partial charge is 0.375 e. The molecule has 106 valence electrons. The van der Waals surface area contributed by atoms with E-state index >= 15 is 0 Å². The highest BCUT2D eigenvalue weighted by molar-refractivity contribution is 5.75. The molecule has 0 radical (unpaired) electrons. The highest BCUT2D eigenvalue weighted by Gasteiger charge is 2.41. The van der Waals surface area contributed by atoms with Gasteiger partial charge in [0, 0.05) is 12.8 Å². The monoisotopic (exact) mass is 275 g/mol. The van der Waals surface area contributed by atoms with E-state index in [9.17, 15) is 4.79 Å². The molecule has 1 aromatic heterocycles. The minimum Gasteiger partial charge on any atom is -0.375 e. The maximum absolute atomic E-state index is 12.3. The molecular formula is C15H17NO4. The van der Waals surface area contributed by atoms with Gasteiger partial charge in [-0.25, -0.2) is 0 Å². The molecule has 0 amide bonds. The van der Waals surface area contributed by atoms with Crippen molar-refractivity contribution in [2.45, 2.75) is 37.5 Å². The van der Waals surface area contributed by atoms with Crippen molar-refractivity contribution in [1.29, 1.82) is 0 Å². The Morgan fingerprint density at radius 1 is 1.10 bits per heavy atom. The number of fused-ring (bicyclic) bond motifs is 1. The van der Waals surface area contributed by atoms with E-state index in [4.69, 9.17) is 14.0 Å². The number of nitrogens with zero attached hydrogens (tertiary/aromatic N) is 1. The van der Waals surface area contributed by atoms with Crippen molar-refractivity contribution in [1.82, 2.24) is 4.74 Å². The molecule has 1 spiro atoms. The number of benzene rings is 1. The van der Waals surface area contributed by atoms with Gasteiger partial charge in [-0.05, 0) is 25.0 Å². The summed E-state index contributed by atoms with van der Waals surface area (Å²) in [5.41, 5.74) is 0.626. The molecule has 1 aromatic carbocycles. The Morgan fingerprint density at radius 2 is 1.80 bits per heavy atom. The molecule has 2 aliphatic rings. The van der Waals surface area contributed by atoms with Crippen LogP contribution in [0.4, 0.5) is 0 Å². The summed E-state index contributed by atoms with van der Waals surface area (Å²) in [5, 5.41) is 0.654. The lowest BCUT2D eigenvalue weighted by molar-refractivity contribution is -0.183. The van der Waals surface area contributed by atoms with Crippen LogP contribution < -0.4 is 5.56 Å². The smallest absolute Gasteiger partial charge is 0.290 e. The Labute approximate surface area is 116 Å². The van der Waals surface area contributed by atoms with Crippen LogP contribution in [0.1, 0.15) is 31.7 Å². The van der Waals surface area contributed by atoms with Crippen LogP contribution in [0.3, 0.4) is 0 Å². The fourth-order valence-electron chi connectivity index (χ4n) is 3.29. The lowest BCUT2D eigenvalue weighted by Gasteiger charge is -2.34. The third-order valence-electron chi connectivity index (χ3n) is 4.38. The molecule has 0 unspecified atom stereocenters. The molecule has 1 saturated heterocycles. The SMILES string of the molecule is O=c1c2ccccc2on1C1CCC2(CC1)OCCO2. The Kier molecular flexibility index (Phi) is 2.72. The second-order valence-electron chi connectivity index (χ2n) is 5.56. The summed E-state index contributed by atoms with van der Waals surface area (Å²) in [5.74, 6) is -0.397. The summed E-state index contributed by atoms with van der Waals surface area (Å²) in [7, 11) is 0. The van der Waals surface area contributed by atoms with Crippen LogP contribution in [0.25, 0.3) is 11.0 Å². The fourth-order valence-corrected chi connectivity index (χ4v) is 3.29. The van der Waals surface area contributed by atoms with Crippen molar-refractivity contribution in [3.63, 3.8) is 0 Å². The van der Waals surface area contributed by atoms with Gasteiger partial charge in [-0.2, -0.15) is 4.74 Å². The fraction of sp³-hybridized carbons (Fsp3) is 0.533. The minimum atomic E-state index is -0.397. The Bertz CT molecular complexity index is 670. The first-order chi connectivity index (χ1) is 9.77. The highest BCUT2D eigenvalue weighted by atomic mass is 16.7. The van der Waals surface area contributed by atoms with Crippen LogP contribution in [0.5, 0.6) is 0 Å². The zero-order valence-corrected chi connectivity index (χ0v) is 11.2. The van der Waals surface area contributed by atoms with Crippen LogP contribution in [0, 0.1) is 0 Å². The maximum Gasteiger partial charge on any atom is 0.290 e. The minimum absolute atomic E-state index is 0.0326. The van der Waals surface area contributed by atoms with Crippen LogP contribution in [0.2, 0.25) is 0 Å². The van der Waals surface area contributed by atoms with E-state index in [0.717, 1.165) is 25.7 Å². The van der Waals surface area contributed by atoms with Crippen molar-refractivity contribution in [2.24, 2.45) is 0 Å². The van der Waals surface area contributed by atoms with Gasteiger partial charge in [-0.15, -0.1) is 0 Å². The van der Waals surface area contributed by atoms with Gasteiger partial charge < -0.3 is 14.0 Å². The highest BCUT2D eigenvalue weighted by Crippen LogP contribution is 2.40. The lowest BCUT2D eigenvalue weighted by atomic mass is 9.90. The lowest BCUT2D eigenvalue weighted by Crippen LogP contribution is -2.37. The normalized spacial score (nSPS) is 22.8. The number of aromatic nitrogens is 1. The number of rotatable bonds is 1. The van der Waals surface area contributed by atoms with Gasteiger partial charge >= 0.3 is 0 Å². The van der Waals surface area contributed by atoms with Gasteiger partial charge in [-0.1, -0.05) is 12.1 Å². The number of para-hydroxylation sites is 1. The van der Waals surface area contributed by atoms with Crippen molar-refractivity contribution < 1.29 is 14.0 Å². The van der Waals surface area contributed by atoms with Crippen molar-refractivity contribution in [2.75, 3.05) is 13.2 Å². The Balaban J connectivity index is 1.61. The van der Waals surface area contributed by atoms with Crippen molar-refractivity contribution >= 4 is 11.0 Å². The van der Waals surface area contributed by atoms with Crippen LogP contribution in [0.15, 0.2) is 33.6 Å². The molecule has 4 rings (SSSR count). The number of ether oxygens (including phenoxy) is 2. The van der Waals surface area contributed by atoms with Gasteiger partial charge in [0.2, 0.25) is 0 Å². The average Bonchev–Trinajstić information content (AvgIpc) is 3.07. The molecule has 5 nitrogen and oxygen atoms in total. The first-order valence-corrected chi connectivity index (χ1v) is 7.16. The summed E-state index contributed by atoms with van der Waals surface area (Å²) >= 11 is 0. The Hall–Kier alpha value is -1.59. The molecule has 0 bridgehead atoms. The molecule has 1 saturated carbocycles. The predicted octanol–water partition coefficient (Wildman–Crippen LogP) is 2.45. The summed E-state index contributed by atoms with van der Waals surface area (Å²) in [6, 6.07) is 7.49. The third kappa shape index (κ3) is 1.81. The van der Waals surface area contributed by atoms with Crippen LogP contribution in [-0.4, -0.2) is 23.7 Å². The molecule has 0 atom stereocenters. The second kappa shape index (κ2) is 4.46. The summed E-state index contributed by atoms with van der Waals surface area (Å²) in [6.07, 6.45) is 3.34. The van der Waals surface area contributed by atoms with E-state index in [1.807, 2.05) is 24.3 Å². The van der Waals surface area contributed by atoms with E-state index in [-0.39, 0.29) is 11.6 Å². The molecule has 0 N–H and O–H groups in total. The zero-order chi connectivity index (χ0) is 13.6. The Morgan fingerprint density at radius 3 is 2.50 bits per heavy atom. The quantitative estimate of drug-likeness (QED) is 0.802. The summed E-state index contributed by atoms with van der Waals surface area (Å²) < 4.78 is 18.7. The first-order valence-electron chi connectivity index (χ1n) is 7.16. The molecule has 2 aromatic rings. The summed E-state index contributed by atoms with van der Waals surface area (Å²) in [4.78, 5) is 12.3. The van der Waals surface area contributed by atoms with E-state index in [2.05, 4.69) is 0 Å². The molecule has 5 heteroatoms. The van der Waals surface area contributed by atoms with E-state index < -0.39 is 5.79 Å². The third-order valence-corrected chi connectivity index (χ3v) is 4.38. The van der Waals surface area contributed by atoms with Gasteiger partial charge in [0.25, 0.3) is 5.56 Å². The molecule has 1 aliphatic heterocycles. The van der Waals surface area contributed by atoms with Gasteiger partial charge in [-0.3, -0.25) is 4.79 Å². The average molecular weight is 275 g/mol. The standard InChI is InChI=1S/C15H17NO4/c17-14-12-3-1-2-4-13(12)20-16(14)11-5-7-15(8-6-11)18-9-10-19-15/h1-4,11H,5-10H2. The van der Waals surface area contributed by atoms with Gasteiger partial charge in [0.05, 0.1) is 24.6 Å². The van der Waals surface area contributed by atoms with E-state index in [1.165, 1.54) is 4.74 Å². The first kappa shape index (κ1) is 12.2. The van der Waals surface area contributed by atoms with Crippen molar-refractivity contribution in [3.8, 4) is 0 Å². The van der Waals surface area contributed by atoms with Gasteiger partial charge in [0.1, 0.15) is 0 Å². The van der Waals surface area contributed by atoms with E-state index in [1.54, 1.807) is 0 Å². The molecule has 2 heterocycles. The molecule has 2 fully saturated rings. The number of hydrogen-bond donors (Lipinski definition) is 0. The molecular weight excluding hydrogens is 258 g/mol. The van der Waals surface area contributed by atoms with E-state index in [0.29, 0.717) is 24.2 Å². The zero-order valence-electron chi connectivity index (χ0n) is 11.2. The maximum atomic E-state index is 12.3. The molecule has 20 heavy (non-hydrogen) atoms. The predicted molar refractivity (Wildman–Crippen MR) is 72.6 cm³/mol. The topological polar surface area (TPSA) is 53.6 Å². The second-order valence-corrected chi connectivity index (χ2v) is 5.56. The summed E-state index contributed by atoms with van der Waals surface area (Å²) in [6.45, 7) is 1.35. The van der Waals surface area contributed by atoms with Crippen LogP contribution >= 0.6 is 0 Å². The number of hydrogen-bond acceptors (Lipinski definition) is 4.